The summed E-state index contributed by atoms with van der Waals surface area (Å²) in [6.07, 6.45) is 1.48. The molecule has 1 atom stereocenters. The number of carboxylic acids is 1. The molecular weight excluding hydrogens is 264 g/mol. The Balaban J connectivity index is 2.41. The van der Waals surface area contributed by atoms with E-state index in [1.54, 1.807) is 0 Å². The van der Waals surface area contributed by atoms with Gasteiger partial charge in [0.2, 0.25) is 5.91 Å². The molecule has 5 nitrogen and oxygen atoms in total. The lowest BCUT2D eigenvalue weighted by molar-refractivity contribution is -0.149. The smallest absolute Gasteiger partial charge is 0.311 e. The highest BCUT2D eigenvalue weighted by Crippen LogP contribution is 2.25. The van der Waals surface area contributed by atoms with E-state index in [1.807, 2.05) is 25.6 Å². The summed E-state index contributed by atoms with van der Waals surface area (Å²) in [7, 11) is 0. The Morgan fingerprint density at radius 1 is 1.42 bits per heavy atom. The molecule has 0 aromatic carbocycles. The van der Waals surface area contributed by atoms with Crippen molar-refractivity contribution in [3.8, 4) is 0 Å². The minimum Gasteiger partial charge on any atom is -0.481 e. The molecule has 3 N–H and O–H groups in total. The maximum atomic E-state index is 11.9. The first kappa shape index (κ1) is 16.3. The highest BCUT2D eigenvalue weighted by molar-refractivity contribution is 7.99. The number of carbonyl (C=O) groups is 2. The zero-order valence-corrected chi connectivity index (χ0v) is 12.5. The zero-order chi connectivity index (χ0) is 14.3. The van der Waals surface area contributed by atoms with Crippen molar-refractivity contribution in [3.05, 3.63) is 0 Å². The predicted octanol–water partition coefficient (Wildman–Crippen LogP) is 1.09. The molecule has 19 heavy (non-hydrogen) atoms. The van der Waals surface area contributed by atoms with Crippen LogP contribution >= 0.6 is 11.8 Å². The average molecular weight is 288 g/mol. The van der Waals surface area contributed by atoms with Gasteiger partial charge < -0.3 is 15.7 Å². The first-order chi connectivity index (χ1) is 9.04. The van der Waals surface area contributed by atoms with Crippen LogP contribution in [0.4, 0.5) is 0 Å². The van der Waals surface area contributed by atoms with E-state index in [9.17, 15) is 14.7 Å². The van der Waals surface area contributed by atoms with Gasteiger partial charge in [0.15, 0.2) is 0 Å². The van der Waals surface area contributed by atoms with Gasteiger partial charge in [0.1, 0.15) is 0 Å². The van der Waals surface area contributed by atoms with E-state index in [-0.39, 0.29) is 18.5 Å². The van der Waals surface area contributed by atoms with Gasteiger partial charge in [0.05, 0.1) is 5.41 Å². The van der Waals surface area contributed by atoms with Gasteiger partial charge >= 0.3 is 5.97 Å². The van der Waals surface area contributed by atoms with Crippen LogP contribution in [0.3, 0.4) is 0 Å². The fourth-order valence-electron chi connectivity index (χ4n) is 2.19. The molecule has 0 aliphatic carbocycles. The van der Waals surface area contributed by atoms with Crippen molar-refractivity contribution in [1.29, 1.82) is 0 Å². The predicted molar refractivity (Wildman–Crippen MR) is 77.4 cm³/mol. The van der Waals surface area contributed by atoms with Crippen LogP contribution in [0.25, 0.3) is 0 Å². The van der Waals surface area contributed by atoms with E-state index in [0.717, 1.165) is 18.1 Å². The molecule has 1 fully saturated rings. The Morgan fingerprint density at radius 3 is 2.58 bits per heavy atom. The van der Waals surface area contributed by atoms with E-state index in [4.69, 9.17) is 0 Å². The molecular formula is C13H24N2O3S. The molecule has 0 saturated carbocycles. The van der Waals surface area contributed by atoms with Crippen LogP contribution in [-0.4, -0.2) is 47.6 Å². The van der Waals surface area contributed by atoms with Crippen molar-refractivity contribution in [3.63, 3.8) is 0 Å². The first-order valence-electron chi connectivity index (χ1n) is 6.85. The summed E-state index contributed by atoms with van der Waals surface area (Å²) in [4.78, 5) is 23.2. The summed E-state index contributed by atoms with van der Waals surface area (Å²) >= 11 is 1.85. The molecule has 0 radical (unpaired) electrons. The third-order valence-corrected chi connectivity index (χ3v) is 4.99. The lowest BCUT2D eigenvalue weighted by Gasteiger charge is -2.28. The summed E-state index contributed by atoms with van der Waals surface area (Å²) in [5, 5.41) is 15.4. The van der Waals surface area contributed by atoms with Crippen LogP contribution in [-0.2, 0) is 9.59 Å². The summed E-state index contributed by atoms with van der Waals surface area (Å²) in [6.45, 7) is 4.85. The molecule has 1 aliphatic rings. The molecule has 0 aromatic rings. The largest absolute Gasteiger partial charge is 0.481 e. The molecule has 0 aromatic heterocycles. The van der Waals surface area contributed by atoms with Gasteiger partial charge in [-0.05, 0) is 12.8 Å². The number of rotatable bonds is 7. The van der Waals surface area contributed by atoms with Crippen molar-refractivity contribution in [2.45, 2.75) is 39.2 Å². The van der Waals surface area contributed by atoms with Gasteiger partial charge in [-0.25, -0.2) is 0 Å². The summed E-state index contributed by atoms with van der Waals surface area (Å²) in [5.74, 6) is 1.14. The van der Waals surface area contributed by atoms with Gasteiger partial charge in [0.25, 0.3) is 0 Å². The van der Waals surface area contributed by atoms with Crippen LogP contribution in [0, 0.1) is 5.41 Å². The van der Waals surface area contributed by atoms with E-state index in [1.165, 1.54) is 0 Å². The molecule has 1 heterocycles. The minimum atomic E-state index is -0.829. The van der Waals surface area contributed by atoms with Crippen molar-refractivity contribution in [1.82, 2.24) is 10.6 Å². The van der Waals surface area contributed by atoms with Gasteiger partial charge in [-0.3, -0.25) is 9.59 Å². The molecule has 6 heteroatoms. The second-order valence-electron chi connectivity index (χ2n) is 5.00. The maximum Gasteiger partial charge on any atom is 0.311 e. The molecule has 1 aliphatic heterocycles. The Labute approximate surface area is 118 Å². The molecule has 1 amide bonds. The number of amides is 1. The van der Waals surface area contributed by atoms with Crippen LogP contribution < -0.4 is 10.6 Å². The second kappa shape index (κ2) is 7.75. The number of hydrogen-bond acceptors (Lipinski definition) is 4. The fourth-order valence-corrected chi connectivity index (χ4v) is 3.14. The standard InChI is InChI=1S/C13H24N2O3S/c1-3-13(4-2,12(17)18)9-15-11(16)7-10-8-19-6-5-14-10/h10,14H,3-9H2,1-2H3,(H,15,16)(H,17,18). The number of aliphatic carboxylic acids is 1. The Morgan fingerprint density at radius 2 is 2.11 bits per heavy atom. The van der Waals surface area contributed by atoms with E-state index in [2.05, 4.69) is 10.6 Å². The number of hydrogen-bond donors (Lipinski definition) is 3. The van der Waals surface area contributed by atoms with Crippen molar-refractivity contribution >= 4 is 23.6 Å². The normalized spacial score (nSPS) is 20.0. The third kappa shape index (κ3) is 4.69. The number of carbonyl (C=O) groups excluding carboxylic acids is 1. The van der Waals surface area contributed by atoms with E-state index < -0.39 is 11.4 Å². The van der Waals surface area contributed by atoms with Crippen molar-refractivity contribution < 1.29 is 14.7 Å². The minimum absolute atomic E-state index is 0.0625. The van der Waals surface area contributed by atoms with Gasteiger partial charge in [0, 0.05) is 37.1 Å². The quantitative estimate of drug-likeness (QED) is 0.653. The van der Waals surface area contributed by atoms with Crippen molar-refractivity contribution in [2.24, 2.45) is 5.41 Å². The topological polar surface area (TPSA) is 78.4 Å². The average Bonchev–Trinajstić information content (AvgIpc) is 2.41. The SMILES string of the molecule is CCC(CC)(CNC(=O)CC1CSCCN1)C(=O)O. The molecule has 110 valence electrons. The Hall–Kier alpha value is -0.750. The molecule has 0 bridgehead atoms. The first-order valence-corrected chi connectivity index (χ1v) is 8.00. The van der Waals surface area contributed by atoms with E-state index >= 15 is 0 Å². The highest BCUT2D eigenvalue weighted by Gasteiger charge is 2.35. The molecule has 1 saturated heterocycles. The van der Waals surface area contributed by atoms with Gasteiger partial charge in [-0.15, -0.1) is 0 Å². The lowest BCUT2D eigenvalue weighted by Crippen LogP contribution is -2.45. The van der Waals surface area contributed by atoms with Gasteiger partial charge in [-0.1, -0.05) is 13.8 Å². The van der Waals surface area contributed by atoms with Crippen LogP contribution in [0.15, 0.2) is 0 Å². The Bertz CT molecular complexity index is 313. The monoisotopic (exact) mass is 288 g/mol. The third-order valence-electron chi connectivity index (χ3n) is 3.86. The molecule has 1 unspecified atom stereocenters. The van der Waals surface area contributed by atoms with Crippen LogP contribution in [0.1, 0.15) is 33.1 Å². The van der Waals surface area contributed by atoms with E-state index in [0.29, 0.717) is 19.3 Å². The zero-order valence-electron chi connectivity index (χ0n) is 11.7. The van der Waals surface area contributed by atoms with Gasteiger partial charge in [-0.2, -0.15) is 11.8 Å². The second-order valence-corrected chi connectivity index (χ2v) is 6.15. The molecule has 0 spiro atoms. The van der Waals surface area contributed by atoms with Crippen LogP contribution in [0.5, 0.6) is 0 Å². The maximum absolute atomic E-state index is 11.9. The number of carboxylic acid groups (broad SMARTS) is 1. The molecule has 1 rings (SSSR count). The summed E-state index contributed by atoms with van der Waals surface area (Å²) in [5.41, 5.74) is -0.829. The number of nitrogens with one attached hydrogen (secondary N) is 2. The van der Waals surface area contributed by atoms with Crippen molar-refractivity contribution in [2.75, 3.05) is 24.6 Å². The summed E-state index contributed by atoms with van der Waals surface area (Å²) < 4.78 is 0. The highest BCUT2D eigenvalue weighted by atomic mass is 32.2. The van der Waals surface area contributed by atoms with Crippen LogP contribution in [0.2, 0.25) is 0 Å². The Kier molecular flexibility index (Phi) is 6.65. The fraction of sp³-hybridized carbons (Fsp3) is 0.846. The summed E-state index contributed by atoms with van der Waals surface area (Å²) in [6, 6.07) is 0.209. The number of thioether (sulfide) groups is 1. The lowest BCUT2D eigenvalue weighted by atomic mass is 9.82.